The highest BCUT2D eigenvalue weighted by atomic mass is 16.5. The van der Waals surface area contributed by atoms with Gasteiger partial charge in [-0.2, -0.15) is 0 Å². The molecule has 106 valence electrons. The zero-order valence-electron chi connectivity index (χ0n) is 12.3. The molecule has 1 fully saturated rings. The van der Waals surface area contributed by atoms with Crippen molar-refractivity contribution in [3.63, 3.8) is 0 Å². The van der Waals surface area contributed by atoms with E-state index in [9.17, 15) is 4.79 Å². The van der Waals surface area contributed by atoms with E-state index in [2.05, 4.69) is 25.7 Å². The van der Waals surface area contributed by atoms with E-state index < -0.39 is 0 Å². The van der Waals surface area contributed by atoms with Crippen LogP contribution in [0.4, 0.5) is 0 Å². The quantitative estimate of drug-likeness (QED) is 0.492. The molecule has 1 aliphatic heterocycles. The van der Waals surface area contributed by atoms with Gasteiger partial charge in [0.25, 0.3) is 0 Å². The van der Waals surface area contributed by atoms with Crippen LogP contribution in [-0.2, 0) is 9.53 Å². The Hall–Kier alpha value is -0.570. The van der Waals surface area contributed by atoms with Crippen molar-refractivity contribution in [3.05, 3.63) is 0 Å². The second kappa shape index (κ2) is 8.52. The Morgan fingerprint density at radius 1 is 1.33 bits per heavy atom. The normalized spacial score (nSPS) is 20.6. The van der Waals surface area contributed by atoms with Gasteiger partial charge in [-0.1, -0.05) is 40.0 Å². The summed E-state index contributed by atoms with van der Waals surface area (Å²) in [5, 5.41) is 0. The van der Waals surface area contributed by atoms with Crippen molar-refractivity contribution in [1.29, 1.82) is 0 Å². The molecular weight excluding hydrogens is 226 g/mol. The van der Waals surface area contributed by atoms with Gasteiger partial charge in [0, 0.05) is 0 Å². The van der Waals surface area contributed by atoms with Gasteiger partial charge >= 0.3 is 5.97 Å². The van der Waals surface area contributed by atoms with Crippen molar-refractivity contribution in [2.24, 2.45) is 5.92 Å². The molecule has 0 unspecified atom stereocenters. The molecule has 0 aromatic heterocycles. The average molecular weight is 255 g/mol. The van der Waals surface area contributed by atoms with Gasteiger partial charge in [0.05, 0.1) is 6.61 Å². The van der Waals surface area contributed by atoms with Gasteiger partial charge in [-0.15, -0.1) is 0 Å². The lowest BCUT2D eigenvalue weighted by Gasteiger charge is -2.23. The van der Waals surface area contributed by atoms with E-state index in [4.69, 9.17) is 4.74 Å². The number of rotatable bonds is 8. The molecule has 0 amide bonds. The first kappa shape index (κ1) is 15.5. The molecule has 0 aliphatic carbocycles. The summed E-state index contributed by atoms with van der Waals surface area (Å²) in [4.78, 5) is 14.3. The molecule has 0 aromatic carbocycles. The number of likely N-dealkylation sites (tertiary alicyclic amines) is 1. The van der Waals surface area contributed by atoms with E-state index in [1.54, 1.807) is 0 Å². The molecule has 0 radical (unpaired) electrons. The smallest absolute Gasteiger partial charge is 0.323 e. The Morgan fingerprint density at radius 2 is 2.11 bits per heavy atom. The Kier molecular flexibility index (Phi) is 7.33. The standard InChI is InChI=1S/C15H29NO2/c1-4-5-6-7-10-16-11-8-9-14(16)15(17)18-12-13(2)3/h13-14H,4-12H2,1-3H3/t14-/m0/s1. The van der Waals surface area contributed by atoms with Crippen LogP contribution in [0.3, 0.4) is 0 Å². The Labute approximate surface area is 112 Å². The molecule has 1 rings (SSSR count). The number of esters is 1. The molecule has 1 atom stereocenters. The van der Waals surface area contributed by atoms with E-state index in [1.165, 1.54) is 25.7 Å². The van der Waals surface area contributed by atoms with E-state index >= 15 is 0 Å². The molecule has 0 bridgehead atoms. The summed E-state index contributed by atoms with van der Waals surface area (Å²) >= 11 is 0. The third kappa shape index (κ3) is 5.38. The number of unbranched alkanes of at least 4 members (excludes halogenated alkanes) is 3. The minimum Gasteiger partial charge on any atom is -0.464 e. The summed E-state index contributed by atoms with van der Waals surface area (Å²) in [6.45, 7) is 9.05. The lowest BCUT2D eigenvalue weighted by Crippen LogP contribution is -2.38. The third-order valence-corrected chi connectivity index (χ3v) is 3.49. The van der Waals surface area contributed by atoms with Crippen molar-refractivity contribution >= 4 is 5.97 Å². The minimum atomic E-state index is -0.00306. The second-order valence-corrected chi connectivity index (χ2v) is 5.78. The van der Waals surface area contributed by atoms with Crippen molar-refractivity contribution in [1.82, 2.24) is 4.90 Å². The first-order chi connectivity index (χ1) is 8.65. The van der Waals surface area contributed by atoms with Crippen LogP contribution in [0.15, 0.2) is 0 Å². The van der Waals surface area contributed by atoms with Gasteiger partial charge in [0.1, 0.15) is 6.04 Å². The van der Waals surface area contributed by atoms with Gasteiger partial charge in [-0.25, -0.2) is 0 Å². The number of hydrogen-bond acceptors (Lipinski definition) is 3. The topological polar surface area (TPSA) is 29.5 Å². The highest BCUT2D eigenvalue weighted by Gasteiger charge is 2.31. The van der Waals surface area contributed by atoms with Crippen molar-refractivity contribution in [2.45, 2.75) is 65.3 Å². The van der Waals surface area contributed by atoms with Crippen LogP contribution >= 0.6 is 0 Å². The first-order valence-corrected chi connectivity index (χ1v) is 7.55. The lowest BCUT2D eigenvalue weighted by atomic mass is 10.2. The maximum atomic E-state index is 12.0. The van der Waals surface area contributed by atoms with Crippen LogP contribution in [0.25, 0.3) is 0 Å². The fraction of sp³-hybridized carbons (Fsp3) is 0.933. The highest BCUT2D eigenvalue weighted by Crippen LogP contribution is 2.19. The zero-order chi connectivity index (χ0) is 13.4. The van der Waals surface area contributed by atoms with E-state index in [1.807, 2.05) is 0 Å². The number of carbonyl (C=O) groups excluding carboxylic acids is 1. The summed E-state index contributed by atoms with van der Waals surface area (Å²) in [7, 11) is 0. The van der Waals surface area contributed by atoms with Gasteiger partial charge in [0.2, 0.25) is 0 Å². The molecule has 0 spiro atoms. The minimum absolute atomic E-state index is 0.00306. The van der Waals surface area contributed by atoms with Gasteiger partial charge in [-0.05, 0) is 38.3 Å². The van der Waals surface area contributed by atoms with Crippen molar-refractivity contribution < 1.29 is 9.53 Å². The molecule has 0 aromatic rings. The number of nitrogens with zero attached hydrogens (tertiary/aromatic N) is 1. The molecular formula is C15H29NO2. The van der Waals surface area contributed by atoms with Crippen molar-refractivity contribution in [2.75, 3.05) is 19.7 Å². The Bertz CT molecular complexity index is 241. The molecule has 0 saturated carbocycles. The first-order valence-electron chi connectivity index (χ1n) is 7.55. The van der Waals surface area contributed by atoms with E-state index in [-0.39, 0.29) is 12.0 Å². The summed E-state index contributed by atoms with van der Waals surface area (Å²) < 4.78 is 5.36. The predicted octanol–water partition coefficient (Wildman–Crippen LogP) is 3.23. The Morgan fingerprint density at radius 3 is 2.78 bits per heavy atom. The fourth-order valence-corrected chi connectivity index (χ4v) is 2.45. The van der Waals surface area contributed by atoms with Crippen LogP contribution in [0.2, 0.25) is 0 Å². The Balaban J connectivity index is 2.27. The monoisotopic (exact) mass is 255 g/mol. The zero-order valence-corrected chi connectivity index (χ0v) is 12.3. The van der Waals surface area contributed by atoms with Gasteiger partial charge < -0.3 is 4.74 Å². The highest BCUT2D eigenvalue weighted by molar-refractivity contribution is 5.76. The molecule has 0 N–H and O–H groups in total. The fourth-order valence-electron chi connectivity index (χ4n) is 2.45. The third-order valence-electron chi connectivity index (χ3n) is 3.49. The summed E-state index contributed by atoms with van der Waals surface area (Å²) in [6, 6.07) is 0.0328. The molecule has 18 heavy (non-hydrogen) atoms. The number of hydrogen-bond donors (Lipinski definition) is 0. The maximum Gasteiger partial charge on any atom is 0.323 e. The lowest BCUT2D eigenvalue weighted by molar-refractivity contribution is -0.150. The summed E-state index contributed by atoms with van der Waals surface area (Å²) in [5.41, 5.74) is 0. The molecule has 1 saturated heterocycles. The molecule has 3 heteroatoms. The summed E-state index contributed by atoms with van der Waals surface area (Å²) in [6.07, 6.45) is 7.17. The molecule has 3 nitrogen and oxygen atoms in total. The second-order valence-electron chi connectivity index (χ2n) is 5.78. The molecule has 1 aliphatic rings. The number of carbonyl (C=O) groups is 1. The van der Waals surface area contributed by atoms with Gasteiger partial charge in [0.15, 0.2) is 0 Å². The van der Waals surface area contributed by atoms with Crippen molar-refractivity contribution in [3.8, 4) is 0 Å². The van der Waals surface area contributed by atoms with Crippen LogP contribution in [0, 0.1) is 5.92 Å². The molecule has 1 heterocycles. The largest absolute Gasteiger partial charge is 0.464 e. The van der Waals surface area contributed by atoms with E-state index in [0.717, 1.165) is 25.9 Å². The predicted molar refractivity (Wildman–Crippen MR) is 74.5 cm³/mol. The van der Waals surface area contributed by atoms with E-state index in [0.29, 0.717) is 12.5 Å². The van der Waals surface area contributed by atoms with Crippen LogP contribution in [0.1, 0.15) is 59.3 Å². The maximum absolute atomic E-state index is 12.0. The number of ether oxygens (including phenoxy) is 1. The average Bonchev–Trinajstić information content (AvgIpc) is 2.80. The van der Waals surface area contributed by atoms with Crippen LogP contribution in [-0.4, -0.2) is 36.6 Å². The summed E-state index contributed by atoms with van der Waals surface area (Å²) in [5.74, 6) is 0.421. The SMILES string of the molecule is CCCCCCN1CCC[C@H]1C(=O)OCC(C)C. The van der Waals surface area contributed by atoms with Crippen LogP contribution in [0.5, 0.6) is 0 Å². The van der Waals surface area contributed by atoms with Crippen LogP contribution < -0.4 is 0 Å². The van der Waals surface area contributed by atoms with Gasteiger partial charge in [-0.3, -0.25) is 9.69 Å².